The van der Waals surface area contributed by atoms with Crippen molar-refractivity contribution in [2.75, 3.05) is 23.8 Å². The van der Waals surface area contributed by atoms with Crippen molar-refractivity contribution in [2.24, 2.45) is 0 Å². The molecule has 0 amide bonds. The first-order valence-electron chi connectivity index (χ1n) is 9.23. The largest absolute Gasteiger partial charge is 0.374 e. The summed E-state index contributed by atoms with van der Waals surface area (Å²) in [6.45, 7) is 0.800. The van der Waals surface area contributed by atoms with Crippen molar-refractivity contribution in [1.29, 1.82) is 0 Å². The number of nitrogens with zero attached hydrogens (tertiary/aromatic N) is 2. The van der Waals surface area contributed by atoms with Crippen molar-refractivity contribution >= 4 is 17.7 Å². The van der Waals surface area contributed by atoms with Gasteiger partial charge in [0.2, 0.25) is 0 Å². The molecule has 4 nitrogen and oxygen atoms in total. The van der Waals surface area contributed by atoms with Gasteiger partial charge in [0.15, 0.2) is 0 Å². The van der Waals surface area contributed by atoms with E-state index in [0.29, 0.717) is 0 Å². The van der Waals surface area contributed by atoms with E-state index < -0.39 is 5.54 Å². The fraction of sp³-hybridized carbons (Fsp3) is 0.217. The third-order valence-corrected chi connectivity index (χ3v) is 5.35. The van der Waals surface area contributed by atoms with Crippen LogP contribution < -0.4 is 10.2 Å². The Kier molecular flexibility index (Phi) is 4.63. The normalized spacial score (nSPS) is 17.8. The molecule has 2 heterocycles. The molecule has 136 valence electrons. The molecule has 4 heteroatoms. The Morgan fingerprint density at radius 1 is 1.04 bits per heavy atom. The van der Waals surface area contributed by atoms with E-state index in [0.717, 1.165) is 42.6 Å². The van der Waals surface area contributed by atoms with E-state index in [1.54, 1.807) is 12.4 Å². The summed E-state index contributed by atoms with van der Waals surface area (Å²) in [6.07, 6.45) is 6.20. The van der Waals surface area contributed by atoms with Crippen LogP contribution in [0.1, 0.15) is 12.0 Å². The second-order valence-corrected chi connectivity index (χ2v) is 7.19. The Labute approximate surface area is 159 Å². The van der Waals surface area contributed by atoms with Crippen LogP contribution in [0.15, 0.2) is 73.1 Å². The highest BCUT2D eigenvalue weighted by molar-refractivity contribution is 5.77. The molecule has 0 saturated heterocycles. The zero-order valence-electron chi connectivity index (χ0n) is 15.4. The van der Waals surface area contributed by atoms with Crippen molar-refractivity contribution in [3.05, 3.63) is 78.6 Å². The number of benzene rings is 2. The van der Waals surface area contributed by atoms with Crippen molar-refractivity contribution in [3.63, 3.8) is 0 Å². The molecular weight excluding hydrogens is 334 g/mol. The highest BCUT2D eigenvalue weighted by Gasteiger charge is 2.36. The van der Waals surface area contributed by atoms with Crippen molar-refractivity contribution in [2.45, 2.75) is 18.4 Å². The van der Waals surface area contributed by atoms with Crippen LogP contribution in [0, 0.1) is 0 Å². The molecule has 1 aromatic heterocycles. The predicted molar refractivity (Wildman–Crippen MR) is 110 cm³/mol. The van der Waals surface area contributed by atoms with Crippen molar-refractivity contribution in [1.82, 2.24) is 4.98 Å². The van der Waals surface area contributed by atoms with Crippen molar-refractivity contribution < 1.29 is 4.79 Å². The first-order chi connectivity index (χ1) is 13.2. The molecule has 1 aliphatic heterocycles. The third-order valence-electron chi connectivity index (χ3n) is 5.35. The van der Waals surface area contributed by atoms with Crippen molar-refractivity contribution in [3.8, 4) is 11.1 Å². The zero-order valence-corrected chi connectivity index (χ0v) is 15.4. The van der Waals surface area contributed by atoms with Crippen LogP contribution >= 0.6 is 0 Å². The lowest BCUT2D eigenvalue weighted by molar-refractivity contribution is -0.111. The average Bonchev–Trinajstić information content (AvgIpc) is 3.12. The van der Waals surface area contributed by atoms with Crippen LogP contribution in [-0.2, 0) is 11.2 Å². The summed E-state index contributed by atoms with van der Waals surface area (Å²) in [5, 5.41) is 3.43. The molecule has 0 saturated carbocycles. The van der Waals surface area contributed by atoms with Gasteiger partial charge in [0.05, 0.1) is 5.54 Å². The van der Waals surface area contributed by atoms with E-state index >= 15 is 0 Å². The molecule has 1 atom stereocenters. The highest BCUT2D eigenvalue weighted by Crippen LogP contribution is 2.33. The molecule has 4 rings (SSSR count). The molecule has 0 bridgehead atoms. The van der Waals surface area contributed by atoms with Gasteiger partial charge in [-0.1, -0.05) is 30.3 Å². The van der Waals surface area contributed by atoms with Gasteiger partial charge >= 0.3 is 0 Å². The lowest BCUT2D eigenvalue weighted by Gasteiger charge is -2.28. The lowest BCUT2D eigenvalue weighted by atomic mass is 9.93. The number of hydrogen-bond acceptors (Lipinski definition) is 4. The monoisotopic (exact) mass is 357 g/mol. The second kappa shape index (κ2) is 7.23. The number of pyridine rings is 1. The first kappa shape index (κ1) is 17.3. The molecule has 0 aliphatic carbocycles. The van der Waals surface area contributed by atoms with Gasteiger partial charge in [-0.3, -0.25) is 4.98 Å². The number of carbonyl (C=O) groups excluding carboxylic acids is 1. The van der Waals surface area contributed by atoms with Crippen LogP contribution in [0.4, 0.5) is 11.4 Å². The number of hydrogen-bond donors (Lipinski definition) is 1. The number of para-hydroxylation sites is 1. The zero-order chi connectivity index (χ0) is 18.7. The van der Waals surface area contributed by atoms with Gasteiger partial charge in [-0.05, 0) is 53.4 Å². The van der Waals surface area contributed by atoms with Gasteiger partial charge in [0.1, 0.15) is 6.29 Å². The standard InChI is InChI=1S/C23H23N3O/c1-26(21-8-6-18(7-9-21)19-10-13-24-14-11-19)15-12-23(17-27)16-20-4-2-3-5-22(20)25-23/h2-11,13-14,17,25H,12,15-16H2,1H3. The first-order valence-corrected chi connectivity index (χ1v) is 9.23. The minimum Gasteiger partial charge on any atom is -0.374 e. The Bertz CT molecular complexity index is 897. The smallest absolute Gasteiger partial charge is 0.145 e. The number of rotatable bonds is 6. The van der Waals surface area contributed by atoms with Gasteiger partial charge in [-0.25, -0.2) is 0 Å². The molecule has 0 fully saturated rings. The minimum absolute atomic E-state index is 0.505. The molecule has 0 radical (unpaired) electrons. The summed E-state index contributed by atoms with van der Waals surface area (Å²) in [4.78, 5) is 18.1. The van der Waals surface area contributed by atoms with E-state index in [9.17, 15) is 4.79 Å². The number of carbonyl (C=O) groups is 1. The molecule has 1 aliphatic rings. The van der Waals surface area contributed by atoms with E-state index in [1.807, 2.05) is 30.3 Å². The maximum Gasteiger partial charge on any atom is 0.145 e. The van der Waals surface area contributed by atoms with Gasteiger partial charge in [-0.2, -0.15) is 0 Å². The van der Waals surface area contributed by atoms with Gasteiger partial charge in [0.25, 0.3) is 0 Å². The van der Waals surface area contributed by atoms with E-state index in [1.165, 1.54) is 11.1 Å². The molecular formula is C23H23N3O. The Hall–Kier alpha value is -3.14. The molecule has 1 N–H and O–H groups in total. The SMILES string of the molecule is CN(CCC1(C=O)Cc2ccccc2N1)c1ccc(-c2ccncc2)cc1. The van der Waals surface area contributed by atoms with Crippen LogP contribution in [-0.4, -0.2) is 30.4 Å². The number of aromatic nitrogens is 1. The average molecular weight is 357 g/mol. The summed E-state index contributed by atoms with van der Waals surface area (Å²) >= 11 is 0. The molecule has 3 aromatic rings. The van der Waals surface area contributed by atoms with Crippen LogP contribution in [0.3, 0.4) is 0 Å². The van der Waals surface area contributed by atoms with Crippen LogP contribution in [0.2, 0.25) is 0 Å². The van der Waals surface area contributed by atoms with Gasteiger partial charge in [0, 0.05) is 43.8 Å². The topological polar surface area (TPSA) is 45.2 Å². The van der Waals surface area contributed by atoms with Crippen LogP contribution in [0.5, 0.6) is 0 Å². The van der Waals surface area contributed by atoms with E-state index in [4.69, 9.17) is 0 Å². The molecule has 27 heavy (non-hydrogen) atoms. The Morgan fingerprint density at radius 2 is 1.74 bits per heavy atom. The van der Waals surface area contributed by atoms with Gasteiger partial charge < -0.3 is 15.0 Å². The third kappa shape index (κ3) is 3.56. The van der Waals surface area contributed by atoms with E-state index in [-0.39, 0.29) is 0 Å². The number of nitrogens with one attached hydrogen (secondary N) is 1. The molecule has 2 aromatic carbocycles. The number of anilines is 2. The van der Waals surface area contributed by atoms with E-state index in [2.05, 4.69) is 52.6 Å². The maximum absolute atomic E-state index is 11.9. The van der Waals surface area contributed by atoms with Gasteiger partial charge in [-0.15, -0.1) is 0 Å². The highest BCUT2D eigenvalue weighted by atomic mass is 16.1. The Balaban J connectivity index is 1.42. The second-order valence-electron chi connectivity index (χ2n) is 7.19. The summed E-state index contributed by atoms with van der Waals surface area (Å²) < 4.78 is 0. The quantitative estimate of drug-likeness (QED) is 0.672. The Morgan fingerprint density at radius 3 is 2.44 bits per heavy atom. The maximum atomic E-state index is 11.9. The fourth-order valence-corrected chi connectivity index (χ4v) is 3.68. The fourth-order valence-electron chi connectivity index (χ4n) is 3.68. The lowest BCUT2D eigenvalue weighted by Crippen LogP contribution is -2.41. The summed E-state index contributed by atoms with van der Waals surface area (Å²) in [7, 11) is 2.07. The summed E-state index contributed by atoms with van der Waals surface area (Å²) in [5.41, 5.74) is 5.26. The van der Waals surface area contributed by atoms with Crippen LogP contribution in [0.25, 0.3) is 11.1 Å². The molecule has 0 spiro atoms. The summed E-state index contributed by atoms with van der Waals surface area (Å²) in [5.74, 6) is 0. The number of fused-ring (bicyclic) bond motifs is 1. The summed E-state index contributed by atoms with van der Waals surface area (Å²) in [6, 6.07) is 20.7. The molecule has 1 unspecified atom stereocenters. The minimum atomic E-state index is -0.505. The number of aldehydes is 1. The predicted octanol–water partition coefficient (Wildman–Crippen LogP) is 4.18.